The van der Waals surface area contributed by atoms with Crippen molar-refractivity contribution < 1.29 is 18.8 Å². The number of fused-ring (bicyclic) bond motifs is 1. The van der Waals surface area contributed by atoms with Gasteiger partial charge < -0.3 is 14.4 Å². The van der Waals surface area contributed by atoms with E-state index in [2.05, 4.69) is 0 Å². The Morgan fingerprint density at radius 3 is 2.33 bits per heavy atom. The molecule has 8 heteroatoms. The SMILES string of the molecule is CCCN(CC1CC1)C(=O)C(=O)c1cn(C)c2cc(Cl)c(C(=O)N3CCC(Cc4ccc(F)cc4)CC3)cc12. The molecule has 1 saturated heterocycles. The van der Waals surface area contributed by atoms with Gasteiger partial charge in [0.2, 0.25) is 0 Å². The van der Waals surface area contributed by atoms with Crippen molar-refractivity contribution in [2.24, 2.45) is 18.9 Å². The molecule has 206 valence electrons. The lowest BCUT2D eigenvalue weighted by atomic mass is 9.90. The lowest BCUT2D eigenvalue weighted by molar-refractivity contribution is -0.126. The number of hydrogen-bond acceptors (Lipinski definition) is 3. The number of likely N-dealkylation sites (tertiary alicyclic amines) is 1. The Hall–Kier alpha value is -3.19. The van der Waals surface area contributed by atoms with Crippen molar-refractivity contribution in [2.45, 2.75) is 45.4 Å². The Bertz CT molecular complexity index is 1390. The molecular weight excluding hydrogens is 517 g/mol. The molecule has 0 bridgehead atoms. The maximum atomic E-state index is 13.5. The molecule has 1 aliphatic carbocycles. The Kier molecular flexibility index (Phi) is 8.08. The topological polar surface area (TPSA) is 62.6 Å². The average molecular weight is 552 g/mol. The molecule has 1 saturated carbocycles. The number of rotatable bonds is 9. The number of benzene rings is 2. The van der Waals surface area contributed by atoms with Gasteiger partial charge in [-0.3, -0.25) is 14.4 Å². The summed E-state index contributed by atoms with van der Waals surface area (Å²) in [5.74, 6) is -0.527. The highest BCUT2D eigenvalue weighted by atomic mass is 35.5. The molecule has 2 aliphatic rings. The molecule has 1 aromatic heterocycles. The molecule has 2 fully saturated rings. The monoisotopic (exact) mass is 551 g/mol. The van der Waals surface area contributed by atoms with E-state index < -0.39 is 11.7 Å². The summed E-state index contributed by atoms with van der Waals surface area (Å²) in [6.45, 7) is 4.38. The molecule has 2 aromatic carbocycles. The molecule has 6 nitrogen and oxygen atoms in total. The van der Waals surface area contributed by atoms with Crippen LogP contribution in [-0.4, -0.2) is 58.1 Å². The molecule has 1 aliphatic heterocycles. The Morgan fingerprint density at radius 2 is 1.69 bits per heavy atom. The summed E-state index contributed by atoms with van der Waals surface area (Å²) in [6, 6.07) is 9.99. The van der Waals surface area contributed by atoms with Crippen LogP contribution in [0.4, 0.5) is 4.39 Å². The number of ketones is 1. The van der Waals surface area contributed by atoms with Crippen molar-refractivity contribution >= 4 is 40.1 Å². The first-order valence-corrected chi connectivity index (χ1v) is 14.3. The predicted molar refractivity (Wildman–Crippen MR) is 151 cm³/mol. The Balaban J connectivity index is 1.33. The van der Waals surface area contributed by atoms with Crippen molar-refractivity contribution in [3.63, 3.8) is 0 Å². The maximum absolute atomic E-state index is 13.5. The van der Waals surface area contributed by atoms with Crippen molar-refractivity contribution in [2.75, 3.05) is 26.2 Å². The fourth-order valence-electron chi connectivity index (χ4n) is 5.63. The van der Waals surface area contributed by atoms with Crippen LogP contribution in [0.1, 0.15) is 65.3 Å². The summed E-state index contributed by atoms with van der Waals surface area (Å²) in [5.41, 5.74) is 2.45. The van der Waals surface area contributed by atoms with Crippen LogP contribution in [0.25, 0.3) is 10.9 Å². The number of aryl methyl sites for hydroxylation is 1. The first-order chi connectivity index (χ1) is 18.7. The van der Waals surface area contributed by atoms with Gasteiger partial charge in [0.15, 0.2) is 0 Å². The summed E-state index contributed by atoms with van der Waals surface area (Å²) < 4.78 is 15.0. The highest BCUT2D eigenvalue weighted by Gasteiger charge is 2.32. The smallest absolute Gasteiger partial charge is 0.295 e. The number of carbonyl (C=O) groups excluding carboxylic acids is 3. The van der Waals surface area contributed by atoms with Crippen LogP contribution in [0.2, 0.25) is 5.02 Å². The third-order valence-electron chi connectivity index (χ3n) is 8.04. The largest absolute Gasteiger partial charge is 0.350 e. The highest BCUT2D eigenvalue weighted by Crippen LogP contribution is 2.32. The molecular formula is C31H35ClFN3O3. The molecule has 5 rings (SSSR count). The zero-order chi connectivity index (χ0) is 27.7. The van der Waals surface area contributed by atoms with E-state index in [4.69, 9.17) is 11.6 Å². The zero-order valence-electron chi connectivity index (χ0n) is 22.6. The van der Waals surface area contributed by atoms with E-state index in [1.54, 1.807) is 34.8 Å². The zero-order valence-corrected chi connectivity index (χ0v) is 23.3. The quantitative estimate of drug-likeness (QED) is 0.246. The van der Waals surface area contributed by atoms with Gasteiger partial charge in [0.05, 0.1) is 21.7 Å². The Labute approximate surface area is 233 Å². The second-order valence-corrected chi connectivity index (χ2v) is 11.5. The number of nitrogens with zero attached hydrogens (tertiary/aromatic N) is 3. The Morgan fingerprint density at radius 1 is 1.00 bits per heavy atom. The van der Waals surface area contributed by atoms with Gasteiger partial charge >= 0.3 is 0 Å². The predicted octanol–water partition coefficient (Wildman–Crippen LogP) is 5.90. The van der Waals surface area contributed by atoms with Crippen molar-refractivity contribution in [1.82, 2.24) is 14.4 Å². The number of hydrogen-bond donors (Lipinski definition) is 0. The minimum Gasteiger partial charge on any atom is -0.350 e. The van der Waals surface area contributed by atoms with Crippen LogP contribution in [0.15, 0.2) is 42.6 Å². The number of halogens is 2. The normalized spacial score (nSPS) is 16.1. The van der Waals surface area contributed by atoms with Gasteiger partial charge in [0, 0.05) is 44.8 Å². The van der Waals surface area contributed by atoms with Crippen molar-refractivity contribution in [3.05, 3.63) is 70.1 Å². The van der Waals surface area contributed by atoms with Crippen LogP contribution < -0.4 is 0 Å². The van der Waals surface area contributed by atoms with Gasteiger partial charge in [-0.1, -0.05) is 30.7 Å². The molecule has 2 amide bonds. The second kappa shape index (κ2) is 11.5. The molecule has 0 atom stereocenters. The van der Waals surface area contributed by atoms with Gasteiger partial charge in [-0.15, -0.1) is 0 Å². The lowest BCUT2D eigenvalue weighted by Gasteiger charge is -2.32. The highest BCUT2D eigenvalue weighted by molar-refractivity contribution is 6.45. The minimum atomic E-state index is -0.544. The maximum Gasteiger partial charge on any atom is 0.295 e. The molecule has 3 aromatic rings. The molecule has 0 unspecified atom stereocenters. The van der Waals surface area contributed by atoms with Crippen LogP contribution in [0.5, 0.6) is 0 Å². The molecule has 39 heavy (non-hydrogen) atoms. The van der Waals surface area contributed by atoms with E-state index in [0.29, 0.717) is 65.1 Å². The third-order valence-corrected chi connectivity index (χ3v) is 8.36. The van der Waals surface area contributed by atoms with Crippen LogP contribution >= 0.6 is 11.6 Å². The van der Waals surface area contributed by atoms with Crippen molar-refractivity contribution in [3.8, 4) is 0 Å². The standard InChI is InChI=1S/C31H35ClFN3O3/c1-3-12-36(18-22-4-5-22)31(39)29(37)26-19-34(2)28-17-27(32)25(16-24(26)28)30(38)35-13-10-21(11-14-35)15-20-6-8-23(33)9-7-20/h6-9,16-17,19,21-22H,3-5,10-15,18H2,1-2H3. The van der Waals surface area contributed by atoms with E-state index in [1.807, 2.05) is 24.0 Å². The minimum absolute atomic E-state index is 0.169. The molecule has 0 radical (unpaired) electrons. The lowest BCUT2D eigenvalue weighted by Crippen LogP contribution is -2.39. The summed E-state index contributed by atoms with van der Waals surface area (Å²) in [7, 11) is 1.81. The van der Waals surface area contributed by atoms with Gasteiger partial charge in [0.1, 0.15) is 5.82 Å². The number of carbonyl (C=O) groups is 3. The van der Waals surface area contributed by atoms with E-state index in [0.717, 1.165) is 44.1 Å². The number of amides is 2. The van der Waals surface area contributed by atoms with E-state index in [-0.39, 0.29) is 11.7 Å². The molecule has 2 heterocycles. The van der Waals surface area contributed by atoms with Crippen LogP contribution in [-0.2, 0) is 18.3 Å². The van der Waals surface area contributed by atoms with Gasteiger partial charge in [-0.25, -0.2) is 4.39 Å². The first-order valence-electron chi connectivity index (χ1n) is 13.9. The summed E-state index contributed by atoms with van der Waals surface area (Å²) in [5, 5.41) is 0.895. The summed E-state index contributed by atoms with van der Waals surface area (Å²) in [4.78, 5) is 43.6. The van der Waals surface area contributed by atoms with Crippen LogP contribution in [0, 0.1) is 17.7 Å². The van der Waals surface area contributed by atoms with Gasteiger partial charge in [0.25, 0.3) is 17.6 Å². The van der Waals surface area contributed by atoms with Gasteiger partial charge in [-0.2, -0.15) is 0 Å². The van der Waals surface area contributed by atoms with Gasteiger partial charge in [-0.05, 0) is 80.2 Å². The fraction of sp³-hybridized carbons (Fsp3) is 0.452. The number of piperidine rings is 1. The average Bonchev–Trinajstić information content (AvgIpc) is 3.70. The second-order valence-electron chi connectivity index (χ2n) is 11.1. The van der Waals surface area contributed by atoms with Crippen molar-refractivity contribution in [1.29, 1.82) is 0 Å². The number of Topliss-reactive ketones (excluding diaryl/α,β-unsaturated/α-hetero) is 1. The fourth-order valence-corrected chi connectivity index (χ4v) is 5.87. The van der Waals surface area contributed by atoms with Crippen LogP contribution in [0.3, 0.4) is 0 Å². The molecule has 0 N–H and O–H groups in total. The van der Waals surface area contributed by atoms with E-state index in [1.165, 1.54) is 12.1 Å². The first kappa shape index (κ1) is 27.4. The summed E-state index contributed by atoms with van der Waals surface area (Å²) in [6.07, 6.45) is 7.20. The summed E-state index contributed by atoms with van der Waals surface area (Å²) >= 11 is 6.59. The third kappa shape index (κ3) is 6.03. The van der Waals surface area contributed by atoms with E-state index in [9.17, 15) is 18.8 Å². The van der Waals surface area contributed by atoms with E-state index >= 15 is 0 Å². The molecule has 0 spiro atoms. The number of aromatic nitrogens is 1.